The van der Waals surface area contributed by atoms with Gasteiger partial charge in [-0.05, 0) is 41.0 Å². The van der Waals surface area contributed by atoms with Gasteiger partial charge in [-0.15, -0.1) is 24.0 Å². The van der Waals surface area contributed by atoms with E-state index in [9.17, 15) is 21.6 Å². The molecular weight excluding hydrogens is 534 g/mol. The Morgan fingerprint density at radius 2 is 1.80 bits per heavy atom. The SMILES string of the molecule is CN=C(NCc1cccc(OC(F)F)c1)NCc1cc(F)ccc1CS(C)(=O)=O.I. The van der Waals surface area contributed by atoms with E-state index in [4.69, 9.17) is 0 Å². The Hall–Kier alpha value is -2.02. The number of ether oxygens (including phenoxy) is 1. The lowest BCUT2D eigenvalue weighted by Crippen LogP contribution is -2.36. The Morgan fingerprint density at radius 3 is 2.43 bits per heavy atom. The summed E-state index contributed by atoms with van der Waals surface area (Å²) in [5.41, 5.74) is 1.68. The molecular formula is C19H23F3IN3O3S. The molecule has 0 aliphatic heterocycles. The smallest absolute Gasteiger partial charge is 0.387 e. The molecule has 2 rings (SSSR count). The van der Waals surface area contributed by atoms with Crippen LogP contribution in [-0.4, -0.2) is 34.3 Å². The molecule has 30 heavy (non-hydrogen) atoms. The topological polar surface area (TPSA) is 79.8 Å². The number of benzene rings is 2. The Balaban J connectivity index is 0.00000450. The highest BCUT2D eigenvalue weighted by atomic mass is 127. The number of rotatable bonds is 8. The third-order valence-electron chi connectivity index (χ3n) is 3.84. The van der Waals surface area contributed by atoms with Crippen LogP contribution < -0.4 is 15.4 Å². The quantitative estimate of drug-likeness (QED) is 0.296. The number of alkyl halides is 2. The Kier molecular flexibility index (Phi) is 10.4. The highest BCUT2D eigenvalue weighted by Crippen LogP contribution is 2.16. The maximum Gasteiger partial charge on any atom is 0.387 e. The molecule has 2 aromatic carbocycles. The number of hydrogen-bond acceptors (Lipinski definition) is 4. The summed E-state index contributed by atoms with van der Waals surface area (Å²) >= 11 is 0. The van der Waals surface area contributed by atoms with Gasteiger partial charge in [-0.2, -0.15) is 8.78 Å². The van der Waals surface area contributed by atoms with E-state index in [1.807, 2.05) is 0 Å². The van der Waals surface area contributed by atoms with Crippen LogP contribution in [0.15, 0.2) is 47.5 Å². The number of nitrogens with one attached hydrogen (secondary N) is 2. The fourth-order valence-electron chi connectivity index (χ4n) is 2.60. The van der Waals surface area contributed by atoms with Crippen LogP contribution in [0.25, 0.3) is 0 Å². The minimum absolute atomic E-state index is 0. The first-order valence-electron chi connectivity index (χ1n) is 8.59. The molecule has 0 spiro atoms. The van der Waals surface area contributed by atoms with E-state index in [0.717, 1.165) is 6.26 Å². The van der Waals surface area contributed by atoms with Crippen LogP contribution in [0.5, 0.6) is 5.75 Å². The molecule has 0 aromatic heterocycles. The lowest BCUT2D eigenvalue weighted by atomic mass is 10.1. The number of sulfone groups is 1. The van der Waals surface area contributed by atoms with Gasteiger partial charge in [-0.25, -0.2) is 12.8 Å². The van der Waals surface area contributed by atoms with Gasteiger partial charge in [-0.3, -0.25) is 4.99 Å². The minimum atomic E-state index is -3.28. The zero-order valence-corrected chi connectivity index (χ0v) is 19.5. The van der Waals surface area contributed by atoms with Crippen LogP contribution in [0.4, 0.5) is 13.2 Å². The van der Waals surface area contributed by atoms with Gasteiger partial charge >= 0.3 is 6.61 Å². The first-order chi connectivity index (χ1) is 13.7. The Bertz CT molecular complexity index is 972. The summed E-state index contributed by atoms with van der Waals surface area (Å²) in [6.45, 7) is -2.48. The summed E-state index contributed by atoms with van der Waals surface area (Å²) in [4.78, 5) is 4.05. The van der Waals surface area contributed by atoms with Gasteiger partial charge in [0.25, 0.3) is 0 Å². The van der Waals surface area contributed by atoms with Crippen molar-refractivity contribution in [1.82, 2.24) is 10.6 Å². The number of nitrogens with zero attached hydrogens (tertiary/aromatic N) is 1. The van der Waals surface area contributed by atoms with Crippen LogP contribution in [0.2, 0.25) is 0 Å². The van der Waals surface area contributed by atoms with Crippen LogP contribution in [0.3, 0.4) is 0 Å². The second-order valence-electron chi connectivity index (χ2n) is 6.29. The molecule has 0 atom stereocenters. The molecule has 166 valence electrons. The van der Waals surface area contributed by atoms with Crippen LogP contribution in [-0.2, 0) is 28.7 Å². The molecule has 2 aromatic rings. The van der Waals surface area contributed by atoms with E-state index in [-0.39, 0.29) is 48.6 Å². The summed E-state index contributed by atoms with van der Waals surface area (Å²) < 4.78 is 65.7. The van der Waals surface area contributed by atoms with E-state index in [2.05, 4.69) is 20.4 Å². The molecule has 0 saturated carbocycles. The first kappa shape index (κ1) is 26.0. The summed E-state index contributed by atoms with van der Waals surface area (Å²) in [7, 11) is -1.74. The normalized spacial score (nSPS) is 11.7. The lowest BCUT2D eigenvalue weighted by molar-refractivity contribution is -0.0498. The van der Waals surface area contributed by atoms with E-state index in [1.165, 1.54) is 37.4 Å². The number of halogens is 4. The maximum absolute atomic E-state index is 13.6. The van der Waals surface area contributed by atoms with Crippen molar-refractivity contribution in [2.75, 3.05) is 13.3 Å². The fourth-order valence-corrected chi connectivity index (χ4v) is 3.45. The van der Waals surface area contributed by atoms with Gasteiger partial charge < -0.3 is 15.4 Å². The monoisotopic (exact) mass is 557 g/mol. The third kappa shape index (κ3) is 9.20. The molecule has 6 nitrogen and oxygen atoms in total. The average Bonchev–Trinajstić information content (AvgIpc) is 2.62. The predicted octanol–water partition coefficient (Wildman–Crippen LogP) is 3.45. The number of guanidine groups is 1. The van der Waals surface area contributed by atoms with Crippen molar-refractivity contribution in [2.45, 2.75) is 25.5 Å². The van der Waals surface area contributed by atoms with Gasteiger partial charge in [0.05, 0.1) is 5.75 Å². The van der Waals surface area contributed by atoms with Gasteiger partial charge in [0, 0.05) is 26.4 Å². The Morgan fingerprint density at radius 1 is 1.10 bits per heavy atom. The zero-order valence-electron chi connectivity index (χ0n) is 16.4. The summed E-state index contributed by atoms with van der Waals surface area (Å²) in [6, 6.07) is 10.2. The standard InChI is InChI=1S/C19H22F3N3O3S.HI/c1-23-19(24-10-13-4-3-5-17(8-13)28-18(21)22)25-11-15-9-16(20)7-6-14(15)12-29(2,26)27;/h3-9,18H,10-12H2,1-2H3,(H2,23,24,25);1H. The largest absolute Gasteiger partial charge is 0.435 e. The summed E-state index contributed by atoms with van der Waals surface area (Å²) in [6.07, 6.45) is 1.11. The molecule has 0 unspecified atom stereocenters. The number of aliphatic imine (C=N–C) groups is 1. The second-order valence-corrected chi connectivity index (χ2v) is 8.43. The lowest BCUT2D eigenvalue weighted by Gasteiger charge is -2.15. The van der Waals surface area contributed by atoms with E-state index in [1.54, 1.807) is 12.1 Å². The van der Waals surface area contributed by atoms with Crippen molar-refractivity contribution in [2.24, 2.45) is 4.99 Å². The van der Waals surface area contributed by atoms with Gasteiger partial charge in [0.1, 0.15) is 11.6 Å². The van der Waals surface area contributed by atoms with Gasteiger partial charge in [0.2, 0.25) is 0 Å². The van der Waals surface area contributed by atoms with Crippen molar-refractivity contribution in [3.8, 4) is 5.75 Å². The molecule has 0 aliphatic rings. The summed E-state index contributed by atoms with van der Waals surface area (Å²) in [5, 5.41) is 5.98. The van der Waals surface area contributed by atoms with Gasteiger partial charge in [0.15, 0.2) is 15.8 Å². The van der Waals surface area contributed by atoms with Crippen LogP contribution in [0.1, 0.15) is 16.7 Å². The van der Waals surface area contributed by atoms with Crippen LogP contribution in [0, 0.1) is 5.82 Å². The average molecular weight is 557 g/mol. The van der Waals surface area contributed by atoms with Crippen molar-refractivity contribution in [3.63, 3.8) is 0 Å². The van der Waals surface area contributed by atoms with E-state index >= 15 is 0 Å². The zero-order chi connectivity index (χ0) is 21.4. The molecule has 0 aliphatic carbocycles. The third-order valence-corrected chi connectivity index (χ3v) is 4.67. The number of hydrogen-bond donors (Lipinski definition) is 2. The highest BCUT2D eigenvalue weighted by molar-refractivity contribution is 14.0. The van der Waals surface area contributed by atoms with Crippen molar-refractivity contribution >= 4 is 39.8 Å². The van der Waals surface area contributed by atoms with E-state index in [0.29, 0.717) is 22.6 Å². The Labute approximate surface area is 190 Å². The van der Waals surface area contributed by atoms with Crippen molar-refractivity contribution in [1.29, 1.82) is 0 Å². The molecule has 0 amide bonds. The molecule has 11 heteroatoms. The van der Waals surface area contributed by atoms with Crippen molar-refractivity contribution in [3.05, 3.63) is 65.0 Å². The first-order valence-corrected chi connectivity index (χ1v) is 10.7. The van der Waals surface area contributed by atoms with Crippen LogP contribution >= 0.6 is 24.0 Å². The molecule has 2 N–H and O–H groups in total. The molecule has 0 saturated heterocycles. The van der Waals surface area contributed by atoms with E-state index < -0.39 is 22.3 Å². The minimum Gasteiger partial charge on any atom is -0.435 e. The van der Waals surface area contributed by atoms with Crippen molar-refractivity contribution < 1.29 is 26.3 Å². The molecule has 0 bridgehead atoms. The predicted molar refractivity (Wildman–Crippen MR) is 120 cm³/mol. The maximum atomic E-state index is 13.6. The van der Waals surface area contributed by atoms with Gasteiger partial charge in [-0.1, -0.05) is 18.2 Å². The molecule has 0 fully saturated rings. The summed E-state index contributed by atoms with van der Waals surface area (Å²) in [5.74, 6) is -0.252. The molecule has 0 radical (unpaired) electrons. The highest BCUT2D eigenvalue weighted by Gasteiger charge is 2.11. The molecule has 0 heterocycles. The second kappa shape index (κ2) is 12.0. The fraction of sp³-hybridized carbons (Fsp3) is 0.316.